The average molecular weight is 417 g/mol. The summed E-state index contributed by atoms with van der Waals surface area (Å²) in [5.74, 6) is 0.277. The smallest absolute Gasteiger partial charge is 0.312 e. The number of nitrogens with one attached hydrogen (secondary N) is 1. The molecule has 0 fully saturated rings. The number of pyridine rings is 1. The van der Waals surface area contributed by atoms with E-state index in [1.165, 1.54) is 0 Å². The number of hydrogen-bond acceptors (Lipinski definition) is 6. The maximum absolute atomic E-state index is 13.0. The lowest BCUT2D eigenvalue weighted by atomic mass is 9.84. The Morgan fingerprint density at radius 1 is 1.06 bits per heavy atom. The summed E-state index contributed by atoms with van der Waals surface area (Å²) in [7, 11) is 1.56. The van der Waals surface area contributed by atoms with Gasteiger partial charge in [-0.1, -0.05) is 0 Å². The molecule has 2 aliphatic rings. The van der Waals surface area contributed by atoms with E-state index in [1.807, 2.05) is 6.07 Å². The van der Waals surface area contributed by atoms with Gasteiger partial charge in [-0.3, -0.25) is 14.4 Å². The molecule has 1 N–H and O–H groups in total. The number of carbonyl (C=O) groups is 2. The second kappa shape index (κ2) is 6.84. The van der Waals surface area contributed by atoms with Crippen LogP contribution >= 0.6 is 0 Å². The minimum atomic E-state index is -0.606. The van der Waals surface area contributed by atoms with E-state index in [2.05, 4.69) is 4.98 Å². The first-order valence-electron chi connectivity index (χ1n) is 9.86. The zero-order chi connectivity index (χ0) is 21.9. The third-order valence-electron chi connectivity index (χ3n) is 5.67. The predicted octanol–water partition coefficient (Wildman–Crippen LogP) is 3.85. The van der Waals surface area contributed by atoms with Crippen LogP contribution in [0.15, 0.2) is 52.5 Å². The SMILES string of the molecule is COc1ccc2cc([C@@H]3CC(=O)Oc4ccc5c(c43)OC(=C(C)C)C5=O)c(=O)[nH]c2c1. The minimum absolute atomic E-state index is 0.0318. The normalized spacial score (nSPS) is 17.1. The summed E-state index contributed by atoms with van der Waals surface area (Å²) in [6.07, 6.45) is -0.0318. The van der Waals surface area contributed by atoms with Crippen LogP contribution in [0.25, 0.3) is 10.9 Å². The molecule has 3 aromatic rings. The lowest BCUT2D eigenvalue weighted by molar-refractivity contribution is -0.135. The Labute approximate surface area is 177 Å². The van der Waals surface area contributed by atoms with Crippen LogP contribution in [-0.2, 0) is 4.79 Å². The Bertz CT molecular complexity index is 1380. The van der Waals surface area contributed by atoms with E-state index in [9.17, 15) is 14.4 Å². The molecular weight excluding hydrogens is 398 g/mol. The Morgan fingerprint density at radius 3 is 2.61 bits per heavy atom. The molecule has 1 aromatic heterocycles. The van der Waals surface area contributed by atoms with E-state index in [4.69, 9.17) is 14.2 Å². The van der Waals surface area contributed by atoms with Gasteiger partial charge in [-0.25, -0.2) is 0 Å². The second-order valence-corrected chi connectivity index (χ2v) is 7.85. The van der Waals surface area contributed by atoms with Crippen LogP contribution in [0.2, 0.25) is 0 Å². The molecule has 2 aromatic carbocycles. The van der Waals surface area contributed by atoms with Crippen molar-refractivity contribution in [1.82, 2.24) is 4.98 Å². The van der Waals surface area contributed by atoms with Crippen molar-refractivity contribution in [3.8, 4) is 17.2 Å². The molecule has 7 heteroatoms. The van der Waals surface area contributed by atoms with Crippen molar-refractivity contribution in [2.45, 2.75) is 26.2 Å². The van der Waals surface area contributed by atoms with Crippen LogP contribution in [0.4, 0.5) is 0 Å². The topological polar surface area (TPSA) is 94.7 Å². The lowest BCUT2D eigenvalue weighted by Gasteiger charge is -2.26. The van der Waals surface area contributed by atoms with Crippen LogP contribution in [0, 0.1) is 0 Å². The second-order valence-electron chi connectivity index (χ2n) is 7.85. The van der Waals surface area contributed by atoms with E-state index in [-0.39, 0.29) is 23.5 Å². The van der Waals surface area contributed by atoms with Gasteiger partial charge in [0.1, 0.15) is 17.2 Å². The van der Waals surface area contributed by atoms with Crippen LogP contribution in [-0.4, -0.2) is 23.8 Å². The Morgan fingerprint density at radius 2 is 1.87 bits per heavy atom. The molecule has 0 spiro atoms. The number of methoxy groups -OCH3 is 1. The predicted molar refractivity (Wildman–Crippen MR) is 113 cm³/mol. The fraction of sp³-hybridized carbons (Fsp3) is 0.208. The first kappa shape index (κ1) is 19.1. The fourth-order valence-corrected chi connectivity index (χ4v) is 4.17. The number of allylic oxidation sites excluding steroid dienone is 2. The number of aromatic nitrogens is 1. The van der Waals surface area contributed by atoms with Gasteiger partial charge in [0, 0.05) is 23.1 Å². The van der Waals surface area contributed by atoms with Gasteiger partial charge in [-0.2, -0.15) is 0 Å². The van der Waals surface area contributed by atoms with Gasteiger partial charge < -0.3 is 19.2 Å². The van der Waals surface area contributed by atoms with Crippen molar-refractivity contribution >= 4 is 22.7 Å². The molecule has 0 aliphatic carbocycles. The van der Waals surface area contributed by atoms with Crippen molar-refractivity contribution in [2.24, 2.45) is 0 Å². The largest absolute Gasteiger partial charge is 0.497 e. The van der Waals surface area contributed by atoms with E-state index in [0.29, 0.717) is 39.5 Å². The summed E-state index contributed by atoms with van der Waals surface area (Å²) >= 11 is 0. The zero-order valence-electron chi connectivity index (χ0n) is 17.2. The molecule has 1 atom stereocenters. The van der Waals surface area contributed by atoms with E-state index in [0.717, 1.165) is 11.0 Å². The summed E-state index contributed by atoms with van der Waals surface area (Å²) in [6.45, 7) is 3.59. The van der Waals surface area contributed by atoms with Crippen LogP contribution < -0.4 is 19.8 Å². The molecule has 0 radical (unpaired) electrons. The number of benzene rings is 2. The van der Waals surface area contributed by atoms with Crippen molar-refractivity contribution < 1.29 is 23.8 Å². The molecule has 2 aliphatic heterocycles. The Hall–Kier alpha value is -3.87. The highest BCUT2D eigenvalue weighted by atomic mass is 16.5. The van der Waals surface area contributed by atoms with Gasteiger partial charge in [0.05, 0.1) is 24.6 Å². The number of H-pyrrole nitrogens is 1. The zero-order valence-corrected chi connectivity index (χ0v) is 17.2. The molecule has 5 rings (SSSR count). The molecule has 0 saturated carbocycles. The number of ketones is 1. The lowest BCUT2D eigenvalue weighted by Crippen LogP contribution is -2.26. The van der Waals surface area contributed by atoms with Gasteiger partial charge in [0.2, 0.25) is 5.78 Å². The number of hydrogen-bond donors (Lipinski definition) is 1. The van der Waals surface area contributed by atoms with E-state index < -0.39 is 11.9 Å². The summed E-state index contributed by atoms with van der Waals surface area (Å²) in [4.78, 5) is 41.0. The molecule has 156 valence electrons. The minimum Gasteiger partial charge on any atom is -0.497 e. The monoisotopic (exact) mass is 417 g/mol. The van der Waals surface area contributed by atoms with Crippen LogP contribution in [0.3, 0.4) is 0 Å². The molecule has 0 unspecified atom stereocenters. The third-order valence-corrected chi connectivity index (χ3v) is 5.67. The number of aromatic amines is 1. The van der Waals surface area contributed by atoms with Gasteiger partial charge >= 0.3 is 5.97 Å². The highest BCUT2D eigenvalue weighted by molar-refractivity contribution is 6.13. The van der Waals surface area contributed by atoms with Crippen molar-refractivity contribution in [2.75, 3.05) is 7.11 Å². The molecule has 0 saturated heterocycles. The maximum Gasteiger partial charge on any atom is 0.312 e. The number of esters is 1. The maximum atomic E-state index is 13.0. The number of ether oxygens (including phenoxy) is 3. The first-order valence-corrected chi connectivity index (χ1v) is 9.86. The summed E-state index contributed by atoms with van der Waals surface area (Å²) in [6, 6.07) is 10.3. The Kier molecular flexibility index (Phi) is 4.22. The molecule has 31 heavy (non-hydrogen) atoms. The molecular formula is C24H19NO6. The van der Waals surface area contributed by atoms with Crippen LogP contribution in [0.1, 0.15) is 47.7 Å². The van der Waals surface area contributed by atoms with Gasteiger partial charge in [-0.15, -0.1) is 0 Å². The summed E-state index contributed by atoms with van der Waals surface area (Å²) in [5.41, 5.74) is 2.40. The van der Waals surface area contributed by atoms with Crippen molar-refractivity contribution in [3.63, 3.8) is 0 Å². The average Bonchev–Trinajstić information content (AvgIpc) is 3.09. The Balaban J connectivity index is 1.73. The van der Waals surface area contributed by atoms with Crippen LogP contribution in [0.5, 0.6) is 17.2 Å². The van der Waals surface area contributed by atoms with E-state index in [1.54, 1.807) is 51.3 Å². The standard InChI is InChI=1S/C24H19NO6/c1-11(2)22-21(27)14-6-7-18-20(23(14)31-22)15(10-19(26)30-18)16-8-12-4-5-13(29-3)9-17(12)25-24(16)28/h4-9,15H,10H2,1-3H3,(H,25,28)/t15-/m0/s1. The summed E-state index contributed by atoms with van der Waals surface area (Å²) in [5, 5.41) is 0.797. The number of Topliss-reactive ketones (excluding diaryl/α,β-unsaturated/α-hetero) is 1. The number of fused-ring (bicyclic) bond motifs is 4. The van der Waals surface area contributed by atoms with Gasteiger partial charge in [0.25, 0.3) is 5.56 Å². The van der Waals surface area contributed by atoms with Gasteiger partial charge in [0.15, 0.2) is 5.76 Å². The van der Waals surface area contributed by atoms with Crippen molar-refractivity contribution in [1.29, 1.82) is 0 Å². The molecule has 0 amide bonds. The summed E-state index contributed by atoms with van der Waals surface area (Å²) < 4.78 is 16.6. The van der Waals surface area contributed by atoms with Gasteiger partial charge in [-0.05, 0) is 55.1 Å². The first-order chi connectivity index (χ1) is 14.9. The van der Waals surface area contributed by atoms with Crippen molar-refractivity contribution in [3.05, 3.63) is 74.8 Å². The molecule has 0 bridgehead atoms. The number of rotatable bonds is 2. The highest BCUT2D eigenvalue weighted by Gasteiger charge is 2.39. The molecule has 7 nitrogen and oxygen atoms in total. The quantitative estimate of drug-likeness (QED) is 0.387. The number of carbonyl (C=O) groups excluding carboxylic acids is 2. The highest BCUT2D eigenvalue weighted by Crippen LogP contribution is 2.48. The molecule has 3 heterocycles. The third kappa shape index (κ3) is 2.92. The van der Waals surface area contributed by atoms with E-state index >= 15 is 0 Å². The fourth-order valence-electron chi connectivity index (χ4n) is 4.17.